The van der Waals surface area contributed by atoms with Gasteiger partial charge in [-0.25, -0.2) is 4.98 Å². The van der Waals surface area contributed by atoms with E-state index >= 15 is 0 Å². The molecule has 80 valence electrons. The number of pyridine rings is 1. The maximum absolute atomic E-state index is 5.83. The smallest absolute Gasteiger partial charge is 0.131 e. The minimum atomic E-state index is 0.566. The third kappa shape index (κ3) is 1.96. The number of rotatable bonds is 4. The topological polar surface area (TPSA) is 24.9 Å². The van der Waals surface area contributed by atoms with Crippen molar-refractivity contribution in [2.75, 3.05) is 11.9 Å². The van der Waals surface area contributed by atoms with E-state index in [1.165, 1.54) is 25.7 Å². The molecule has 1 heterocycles. The summed E-state index contributed by atoms with van der Waals surface area (Å²) in [5, 5.41) is 3.98. The van der Waals surface area contributed by atoms with E-state index in [2.05, 4.69) is 10.3 Å². The third-order valence-electron chi connectivity index (χ3n) is 3.67. The molecule has 0 bridgehead atoms. The summed E-state index contributed by atoms with van der Waals surface area (Å²) >= 11 is 5.83. The van der Waals surface area contributed by atoms with E-state index in [0.717, 1.165) is 18.3 Å². The minimum Gasteiger partial charge on any atom is -0.369 e. The molecule has 0 amide bonds. The Morgan fingerprint density at radius 1 is 1.40 bits per heavy atom. The van der Waals surface area contributed by atoms with Crippen molar-refractivity contribution >= 4 is 17.4 Å². The van der Waals surface area contributed by atoms with Crippen molar-refractivity contribution in [1.29, 1.82) is 0 Å². The van der Waals surface area contributed by atoms with Gasteiger partial charge in [0, 0.05) is 6.54 Å². The first-order valence-electron chi connectivity index (χ1n) is 5.65. The van der Waals surface area contributed by atoms with E-state index in [9.17, 15) is 0 Å². The van der Waals surface area contributed by atoms with Gasteiger partial charge in [-0.05, 0) is 49.1 Å². The van der Waals surface area contributed by atoms with Gasteiger partial charge in [0.25, 0.3) is 0 Å². The molecule has 3 heteroatoms. The molecule has 15 heavy (non-hydrogen) atoms. The average molecular weight is 223 g/mol. The van der Waals surface area contributed by atoms with Gasteiger partial charge < -0.3 is 5.32 Å². The van der Waals surface area contributed by atoms with Gasteiger partial charge in [-0.15, -0.1) is 0 Å². The number of halogens is 1. The normalized spacial score (nSPS) is 22.5. The fourth-order valence-electron chi connectivity index (χ4n) is 2.36. The Kier molecular flexibility index (Phi) is 2.13. The number of nitrogens with zero attached hydrogens (tertiary/aromatic N) is 1. The maximum atomic E-state index is 5.83. The van der Waals surface area contributed by atoms with Crippen molar-refractivity contribution in [3.8, 4) is 0 Å². The molecule has 0 saturated heterocycles. The number of hydrogen-bond acceptors (Lipinski definition) is 2. The molecule has 2 nitrogen and oxygen atoms in total. The zero-order chi connectivity index (χ0) is 10.3. The highest BCUT2D eigenvalue weighted by molar-refractivity contribution is 6.29. The van der Waals surface area contributed by atoms with Crippen molar-refractivity contribution in [3.05, 3.63) is 23.4 Å². The van der Waals surface area contributed by atoms with Crippen LogP contribution in [0.1, 0.15) is 25.7 Å². The molecule has 3 rings (SSSR count). The summed E-state index contributed by atoms with van der Waals surface area (Å²) in [7, 11) is 0. The summed E-state index contributed by atoms with van der Waals surface area (Å²) in [5.74, 6) is 1.90. The van der Waals surface area contributed by atoms with Gasteiger partial charge in [0.05, 0.1) is 0 Å². The Morgan fingerprint density at radius 2 is 2.20 bits per heavy atom. The summed E-state index contributed by atoms with van der Waals surface area (Å²) < 4.78 is 0. The zero-order valence-electron chi connectivity index (χ0n) is 8.67. The summed E-state index contributed by atoms with van der Waals surface area (Å²) in [6.07, 6.45) is 5.66. The van der Waals surface area contributed by atoms with Crippen molar-refractivity contribution < 1.29 is 0 Å². The molecule has 2 aliphatic rings. The molecule has 0 spiro atoms. The molecule has 2 aliphatic carbocycles. The predicted molar refractivity (Wildman–Crippen MR) is 62.1 cm³/mol. The standard InChI is InChI=1S/C12H15ClN2/c13-10-2-1-3-11(15-10)14-8-12(6-7-12)9-4-5-9/h1-3,9H,4-8H2,(H,14,15). The van der Waals surface area contributed by atoms with Crippen LogP contribution in [0.2, 0.25) is 5.15 Å². The van der Waals surface area contributed by atoms with Crippen LogP contribution >= 0.6 is 11.6 Å². The summed E-state index contributed by atoms with van der Waals surface area (Å²) in [4.78, 5) is 4.24. The van der Waals surface area contributed by atoms with Crippen LogP contribution in [0, 0.1) is 11.3 Å². The van der Waals surface area contributed by atoms with E-state index in [-0.39, 0.29) is 0 Å². The van der Waals surface area contributed by atoms with E-state index in [0.29, 0.717) is 10.6 Å². The van der Waals surface area contributed by atoms with E-state index in [4.69, 9.17) is 11.6 Å². The van der Waals surface area contributed by atoms with E-state index in [1.54, 1.807) is 6.07 Å². The van der Waals surface area contributed by atoms with Gasteiger partial charge in [-0.1, -0.05) is 17.7 Å². The highest BCUT2D eigenvalue weighted by Gasteiger charge is 2.53. The molecule has 0 radical (unpaired) electrons. The number of anilines is 1. The highest BCUT2D eigenvalue weighted by atomic mass is 35.5. The van der Waals surface area contributed by atoms with Crippen molar-refractivity contribution in [1.82, 2.24) is 4.98 Å². The zero-order valence-corrected chi connectivity index (χ0v) is 9.43. The highest BCUT2D eigenvalue weighted by Crippen LogP contribution is 2.61. The SMILES string of the molecule is Clc1cccc(NCC2(C3CC3)CC2)n1. The Balaban J connectivity index is 1.61. The molecule has 0 unspecified atom stereocenters. The van der Waals surface area contributed by atoms with Crippen LogP contribution in [-0.4, -0.2) is 11.5 Å². The molecular weight excluding hydrogens is 208 g/mol. The average Bonchev–Trinajstić information content (AvgIpc) is 3.08. The van der Waals surface area contributed by atoms with Gasteiger partial charge in [-0.2, -0.15) is 0 Å². The number of hydrogen-bond donors (Lipinski definition) is 1. The Bertz CT molecular complexity index is 370. The van der Waals surface area contributed by atoms with Crippen LogP contribution in [0.4, 0.5) is 5.82 Å². The fraction of sp³-hybridized carbons (Fsp3) is 0.583. The second kappa shape index (κ2) is 3.38. The van der Waals surface area contributed by atoms with Crippen molar-refractivity contribution in [3.63, 3.8) is 0 Å². The van der Waals surface area contributed by atoms with E-state index < -0.39 is 0 Å². The first kappa shape index (κ1) is 9.46. The summed E-state index contributed by atoms with van der Waals surface area (Å²) in [6, 6.07) is 5.73. The molecule has 1 aromatic heterocycles. The van der Waals surface area contributed by atoms with Crippen LogP contribution in [-0.2, 0) is 0 Å². The molecule has 2 saturated carbocycles. The second-order valence-corrected chi connectivity index (χ2v) is 5.22. The molecule has 2 fully saturated rings. The first-order chi connectivity index (χ1) is 7.28. The number of nitrogens with one attached hydrogen (secondary N) is 1. The lowest BCUT2D eigenvalue weighted by Gasteiger charge is -2.15. The van der Waals surface area contributed by atoms with Gasteiger partial charge in [-0.3, -0.25) is 0 Å². The Labute approximate surface area is 95.0 Å². The van der Waals surface area contributed by atoms with Gasteiger partial charge in [0.1, 0.15) is 11.0 Å². The van der Waals surface area contributed by atoms with Gasteiger partial charge in [0.15, 0.2) is 0 Å². The second-order valence-electron chi connectivity index (χ2n) is 4.84. The largest absolute Gasteiger partial charge is 0.369 e. The van der Waals surface area contributed by atoms with Crippen molar-refractivity contribution in [2.24, 2.45) is 11.3 Å². The first-order valence-corrected chi connectivity index (χ1v) is 6.03. The molecule has 1 N–H and O–H groups in total. The van der Waals surface area contributed by atoms with Crippen LogP contribution in [0.5, 0.6) is 0 Å². The minimum absolute atomic E-state index is 0.566. The molecule has 0 aromatic carbocycles. The van der Waals surface area contributed by atoms with Crippen LogP contribution in [0.25, 0.3) is 0 Å². The molecule has 0 atom stereocenters. The molecule has 1 aromatic rings. The van der Waals surface area contributed by atoms with Crippen LogP contribution in [0.15, 0.2) is 18.2 Å². The molecule has 0 aliphatic heterocycles. The van der Waals surface area contributed by atoms with Crippen LogP contribution in [0.3, 0.4) is 0 Å². The predicted octanol–water partition coefficient (Wildman–Crippen LogP) is 3.34. The molecular formula is C12H15ClN2. The fourth-order valence-corrected chi connectivity index (χ4v) is 2.52. The maximum Gasteiger partial charge on any atom is 0.131 e. The lowest BCUT2D eigenvalue weighted by molar-refractivity contribution is 0.466. The Hall–Kier alpha value is -0.760. The monoisotopic (exact) mass is 222 g/mol. The number of aromatic nitrogens is 1. The summed E-state index contributed by atoms with van der Waals surface area (Å²) in [6.45, 7) is 1.07. The van der Waals surface area contributed by atoms with Gasteiger partial charge >= 0.3 is 0 Å². The lowest BCUT2D eigenvalue weighted by Crippen LogP contribution is -2.17. The Morgan fingerprint density at radius 3 is 2.80 bits per heavy atom. The lowest BCUT2D eigenvalue weighted by atomic mass is 10.0. The quantitative estimate of drug-likeness (QED) is 0.791. The van der Waals surface area contributed by atoms with Gasteiger partial charge in [0.2, 0.25) is 0 Å². The third-order valence-corrected chi connectivity index (χ3v) is 3.88. The van der Waals surface area contributed by atoms with Crippen LogP contribution < -0.4 is 5.32 Å². The van der Waals surface area contributed by atoms with E-state index in [1.807, 2.05) is 12.1 Å². The summed E-state index contributed by atoms with van der Waals surface area (Å²) in [5.41, 5.74) is 0.615. The van der Waals surface area contributed by atoms with Crippen molar-refractivity contribution in [2.45, 2.75) is 25.7 Å².